The molecule has 7 rings (SSSR count). The van der Waals surface area contributed by atoms with Crippen molar-refractivity contribution in [2.45, 2.75) is 71.6 Å². The number of hydrogen-bond donors (Lipinski definition) is 2. The van der Waals surface area contributed by atoms with Crippen molar-refractivity contribution in [1.29, 1.82) is 0 Å². The van der Waals surface area contributed by atoms with E-state index in [-0.39, 0.29) is 23.6 Å². The van der Waals surface area contributed by atoms with E-state index in [1.807, 2.05) is 50.2 Å². The summed E-state index contributed by atoms with van der Waals surface area (Å²) in [5.74, 6) is 1.67. The van der Waals surface area contributed by atoms with E-state index in [4.69, 9.17) is 16.3 Å². The average Bonchev–Trinajstić information content (AvgIpc) is 3.31. The molecule has 0 radical (unpaired) electrons. The molecule has 0 atom stereocenters. The quantitative estimate of drug-likeness (QED) is 0.159. The van der Waals surface area contributed by atoms with E-state index in [0.717, 1.165) is 75.4 Å². The Labute approximate surface area is 265 Å². The number of rotatable bonds is 13. The Bertz CT molecular complexity index is 1620. The molecule has 0 unspecified atom stereocenters. The molecular weight excluding hydrogens is 596 g/mol. The number of aromatic amines is 1. The normalized spacial score (nSPS) is 24.1. The fraction of sp³-hybridized carbons (Fsp3) is 0.543. The molecule has 236 valence electrons. The summed E-state index contributed by atoms with van der Waals surface area (Å²) in [6.07, 6.45) is 9.07. The summed E-state index contributed by atoms with van der Waals surface area (Å²) in [6, 6.07) is 11.4. The average molecular weight is 639 g/mol. The van der Waals surface area contributed by atoms with Gasteiger partial charge >= 0.3 is 0 Å². The maximum absolute atomic E-state index is 13.4. The summed E-state index contributed by atoms with van der Waals surface area (Å²) in [5, 5.41) is 4.50. The molecule has 1 aromatic heterocycles. The Morgan fingerprint density at radius 3 is 2.32 bits per heavy atom. The van der Waals surface area contributed by atoms with Gasteiger partial charge in [0, 0.05) is 28.9 Å². The summed E-state index contributed by atoms with van der Waals surface area (Å²) >= 11 is 6.27. The van der Waals surface area contributed by atoms with E-state index in [0.29, 0.717) is 31.6 Å². The van der Waals surface area contributed by atoms with Crippen LogP contribution < -0.4 is 10.1 Å². The number of para-hydroxylation sites is 1. The van der Waals surface area contributed by atoms with Crippen LogP contribution in [0.1, 0.15) is 78.5 Å². The van der Waals surface area contributed by atoms with Crippen molar-refractivity contribution in [2.75, 3.05) is 24.7 Å². The zero-order valence-electron chi connectivity index (χ0n) is 25.7. The van der Waals surface area contributed by atoms with Gasteiger partial charge in [-0.25, -0.2) is 8.42 Å². The largest absolute Gasteiger partial charge is 0.494 e. The van der Waals surface area contributed by atoms with E-state index < -0.39 is 21.4 Å². The zero-order chi connectivity index (χ0) is 31.1. The molecule has 0 saturated heterocycles. The Morgan fingerprint density at radius 1 is 1.02 bits per heavy atom. The maximum Gasteiger partial charge on any atom is 0.220 e. The van der Waals surface area contributed by atoms with E-state index in [1.165, 1.54) is 19.3 Å². The van der Waals surface area contributed by atoms with Gasteiger partial charge in [0.1, 0.15) is 11.5 Å². The fourth-order valence-electron chi connectivity index (χ4n) is 8.73. The van der Waals surface area contributed by atoms with Crippen LogP contribution in [0.4, 0.5) is 0 Å². The third-order valence-corrected chi connectivity index (χ3v) is 12.3. The van der Waals surface area contributed by atoms with Gasteiger partial charge in [-0.15, -0.1) is 0 Å². The molecule has 1 heterocycles. The van der Waals surface area contributed by atoms with E-state index in [2.05, 4.69) is 10.3 Å². The van der Waals surface area contributed by atoms with E-state index in [1.54, 1.807) is 0 Å². The SMILES string of the molecule is Cc1cc(OCCCc2c(C(=O)CS(=O)(=O)CCNC(=O)CC34CC5CC(CC(C5)C3)C4)[nH]c3ccccc23)cc(C)c1Cl. The molecule has 9 heteroatoms. The van der Waals surface area contributed by atoms with Gasteiger partial charge in [0.05, 0.1) is 18.1 Å². The van der Waals surface area contributed by atoms with Crippen LogP contribution in [-0.2, 0) is 21.1 Å². The van der Waals surface area contributed by atoms with Crippen LogP contribution in [-0.4, -0.2) is 49.7 Å². The number of nitrogens with one attached hydrogen (secondary N) is 2. The van der Waals surface area contributed by atoms with Gasteiger partial charge < -0.3 is 15.0 Å². The lowest BCUT2D eigenvalue weighted by Crippen LogP contribution is -2.48. The topological polar surface area (TPSA) is 105 Å². The molecule has 4 fully saturated rings. The van der Waals surface area contributed by atoms with Crippen molar-refractivity contribution in [2.24, 2.45) is 23.2 Å². The van der Waals surface area contributed by atoms with Gasteiger partial charge in [0.2, 0.25) is 5.91 Å². The van der Waals surface area contributed by atoms with Crippen molar-refractivity contribution < 1.29 is 22.7 Å². The van der Waals surface area contributed by atoms with Crippen molar-refractivity contribution in [1.82, 2.24) is 10.3 Å². The number of ketones is 1. The van der Waals surface area contributed by atoms with Crippen LogP contribution in [0, 0.1) is 37.0 Å². The van der Waals surface area contributed by atoms with Gasteiger partial charge in [0.25, 0.3) is 0 Å². The van der Waals surface area contributed by atoms with Crippen LogP contribution in [0.2, 0.25) is 5.02 Å². The van der Waals surface area contributed by atoms with Crippen LogP contribution in [0.25, 0.3) is 10.9 Å². The predicted octanol–water partition coefficient (Wildman–Crippen LogP) is 6.77. The predicted molar refractivity (Wildman–Crippen MR) is 174 cm³/mol. The fourth-order valence-corrected chi connectivity index (χ4v) is 9.94. The highest BCUT2D eigenvalue weighted by Crippen LogP contribution is 2.61. The van der Waals surface area contributed by atoms with Gasteiger partial charge in [-0.1, -0.05) is 29.8 Å². The van der Waals surface area contributed by atoms with Gasteiger partial charge in [0.15, 0.2) is 15.6 Å². The Kier molecular flexibility index (Phi) is 8.86. The minimum atomic E-state index is -3.72. The lowest BCUT2D eigenvalue weighted by Gasteiger charge is -2.56. The van der Waals surface area contributed by atoms with Crippen molar-refractivity contribution in [3.05, 3.63) is 63.8 Å². The first kappa shape index (κ1) is 31.2. The first-order valence-electron chi connectivity index (χ1n) is 16.0. The van der Waals surface area contributed by atoms with Crippen molar-refractivity contribution >= 4 is 44.0 Å². The lowest BCUT2D eigenvalue weighted by molar-refractivity contribution is -0.129. The second-order valence-electron chi connectivity index (χ2n) is 13.8. The molecule has 0 aliphatic heterocycles. The molecule has 4 saturated carbocycles. The number of aryl methyl sites for hydroxylation is 3. The van der Waals surface area contributed by atoms with Crippen molar-refractivity contribution in [3.8, 4) is 5.75 Å². The minimum absolute atomic E-state index is 0.0291. The lowest BCUT2D eigenvalue weighted by atomic mass is 9.49. The third kappa shape index (κ3) is 6.86. The highest BCUT2D eigenvalue weighted by Gasteiger charge is 2.51. The number of fused-ring (bicyclic) bond motifs is 1. The number of ether oxygens (including phenoxy) is 1. The van der Waals surface area contributed by atoms with Gasteiger partial charge in [-0.2, -0.15) is 0 Å². The smallest absolute Gasteiger partial charge is 0.220 e. The summed E-state index contributed by atoms with van der Waals surface area (Å²) in [4.78, 5) is 29.4. The van der Waals surface area contributed by atoms with Crippen LogP contribution in [0.15, 0.2) is 36.4 Å². The molecule has 44 heavy (non-hydrogen) atoms. The van der Waals surface area contributed by atoms with Gasteiger partial charge in [-0.3, -0.25) is 9.59 Å². The number of sulfone groups is 1. The number of benzene rings is 2. The van der Waals surface area contributed by atoms with Crippen LogP contribution in [0.5, 0.6) is 5.75 Å². The molecule has 2 N–H and O–H groups in total. The Morgan fingerprint density at radius 2 is 1.66 bits per heavy atom. The number of Topliss-reactive ketones (excluding diaryl/α,β-unsaturated/α-hetero) is 1. The first-order valence-corrected chi connectivity index (χ1v) is 18.2. The summed E-state index contributed by atoms with van der Waals surface area (Å²) < 4.78 is 32.0. The number of H-pyrrole nitrogens is 1. The molecule has 2 aromatic carbocycles. The summed E-state index contributed by atoms with van der Waals surface area (Å²) in [5.41, 5.74) is 3.95. The number of carbonyl (C=O) groups is 2. The number of carbonyl (C=O) groups excluding carboxylic acids is 2. The molecule has 1 amide bonds. The minimum Gasteiger partial charge on any atom is -0.494 e. The monoisotopic (exact) mass is 638 g/mol. The third-order valence-electron chi connectivity index (χ3n) is 10.1. The molecule has 4 aliphatic carbocycles. The zero-order valence-corrected chi connectivity index (χ0v) is 27.3. The van der Waals surface area contributed by atoms with E-state index >= 15 is 0 Å². The second-order valence-corrected chi connectivity index (χ2v) is 16.4. The summed E-state index contributed by atoms with van der Waals surface area (Å²) in [7, 11) is -3.72. The molecule has 4 aliphatic rings. The van der Waals surface area contributed by atoms with Crippen molar-refractivity contribution in [3.63, 3.8) is 0 Å². The molecular formula is C35H43ClN2O5S. The second kappa shape index (κ2) is 12.5. The van der Waals surface area contributed by atoms with Crippen LogP contribution in [0.3, 0.4) is 0 Å². The standard InChI is InChI=1S/C35H43ClN2O5S/c1-22-12-27(13-23(2)33(22)36)43-10-5-7-29-28-6-3-4-8-30(28)38-34(29)31(39)21-44(41,42)11-9-37-32(40)20-35-17-24-14-25(18-35)16-26(15-24)19-35/h3-4,6,8,12-13,24-26,38H,5,7,9-11,14-21H2,1-2H3,(H,37,40). The van der Waals surface area contributed by atoms with Crippen LogP contribution >= 0.6 is 11.6 Å². The number of aromatic nitrogens is 1. The number of amides is 1. The molecule has 7 nitrogen and oxygen atoms in total. The summed E-state index contributed by atoms with van der Waals surface area (Å²) in [6.45, 7) is 4.35. The highest BCUT2D eigenvalue weighted by atomic mass is 35.5. The first-order chi connectivity index (χ1) is 21.0. The highest BCUT2D eigenvalue weighted by molar-refractivity contribution is 7.92. The number of halogens is 1. The van der Waals surface area contributed by atoms with E-state index in [9.17, 15) is 18.0 Å². The molecule has 4 bridgehead atoms. The Balaban J connectivity index is 1.03. The maximum atomic E-state index is 13.4. The van der Waals surface area contributed by atoms with Gasteiger partial charge in [-0.05, 0) is 123 Å². The Hall–Kier alpha value is -2.84. The molecule has 3 aromatic rings. The molecule has 0 spiro atoms. The number of hydrogen-bond acceptors (Lipinski definition) is 5.